The van der Waals surface area contributed by atoms with Gasteiger partial charge in [0.2, 0.25) is 0 Å². The molecule has 0 N–H and O–H groups in total. The summed E-state index contributed by atoms with van der Waals surface area (Å²) >= 11 is 0. The van der Waals surface area contributed by atoms with E-state index in [2.05, 4.69) is 32.9 Å². The molecule has 1 aromatic heterocycles. The molecule has 2 saturated carbocycles. The average Bonchev–Trinajstić information content (AvgIpc) is 2.89. The van der Waals surface area contributed by atoms with Crippen LogP contribution in [0.25, 0.3) is 6.08 Å². The first kappa shape index (κ1) is 14.0. The van der Waals surface area contributed by atoms with Gasteiger partial charge < -0.3 is 4.42 Å². The molecule has 1 aromatic rings. The van der Waals surface area contributed by atoms with Crippen LogP contribution in [0, 0.1) is 22.7 Å². The van der Waals surface area contributed by atoms with Crippen molar-refractivity contribution in [3.8, 4) is 0 Å². The molecule has 110 valence electrons. The van der Waals surface area contributed by atoms with Crippen LogP contribution in [-0.4, -0.2) is 0 Å². The SMILES string of the molecule is CC1(C)CCCC2(C)C(C=Cc3ccoc3)CCCC12. The van der Waals surface area contributed by atoms with Crippen molar-refractivity contribution < 1.29 is 4.42 Å². The summed E-state index contributed by atoms with van der Waals surface area (Å²) in [5, 5.41) is 0. The van der Waals surface area contributed by atoms with Crippen LogP contribution in [-0.2, 0) is 0 Å². The molecule has 2 fully saturated rings. The van der Waals surface area contributed by atoms with Crippen LogP contribution in [0.3, 0.4) is 0 Å². The van der Waals surface area contributed by atoms with Gasteiger partial charge in [-0.25, -0.2) is 0 Å². The van der Waals surface area contributed by atoms with Crippen molar-refractivity contribution in [2.45, 2.75) is 59.3 Å². The molecule has 2 aliphatic rings. The standard InChI is InChI=1S/C19H28O/c1-18(2)11-5-12-19(3)16(6-4-7-17(18)19)9-8-15-10-13-20-14-15/h8-10,13-14,16-17H,4-7,11-12H2,1-3H3. The van der Waals surface area contributed by atoms with Gasteiger partial charge in [0.25, 0.3) is 0 Å². The summed E-state index contributed by atoms with van der Waals surface area (Å²) in [5.74, 6) is 1.62. The van der Waals surface area contributed by atoms with Gasteiger partial charge >= 0.3 is 0 Å². The maximum atomic E-state index is 5.17. The largest absolute Gasteiger partial charge is 0.472 e. The molecule has 20 heavy (non-hydrogen) atoms. The Hall–Kier alpha value is -0.980. The minimum Gasteiger partial charge on any atom is -0.472 e. The molecule has 3 atom stereocenters. The molecular weight excluding hydrogens is 244 g/mol. The van der Waals surface area contributed by atoms with E-state index in [1.165, 1.54) is 44.1 Å². The van der Waals surface area contributed by atoms with Crippen molar-refractivity contribution >= 4 is 6.08 Å². The Morgan fingerprint density at radius 2 is 2.00 bits per heavy atom. The lowest BCUT2D eigenvalue weighted by Crippen LogP contribution is -2.48. The predicted molar refractivity (Wildman–Crippen MR) is 84.3 cm³/mol. The molecule has 0 radical (unpaired) electrons. The summed E-state index contributed by atoms with van der Waals surface area (Å²) in [6, 6.07) is 2.05. The Balaban J connectivity index is 1.84. The van der Waals surface area contributed by atoms with Crippen LogP contribution in [0.2, 0.25) is 0 Å². The second-order valence-electron chi connectivity index (χ2n) is 7.85. The molecule has 0 amide bonds. The van der Waals surface area contributed by atoms with Gasteiger partial charge in [0.15, 0.2) is 0 Å². The van der Waals surface area contributed by atoms with Gasteiger partial charge in [-0.1, -0.05) is 45.8 Å². The van der Waals surface area contributed by atoms with E-state index >= 15 is 0 Å². The summed E-state index contributed by atoms with van der Waals surface area (Å²) in [5.41, 5.74) is 2.22. The molecule has 0 bridgehead atoms. The summed E-state index contributed by atoms with van der Waals surface area (Å²) in [6.45, 7) is 7.55. The van der Waals surface area contributed by atoms with Gasteiger partial charge in [0, 0.05) is 5.56 Å². The van der Waals surface area contributed by atoms with E-state index in [0.29, 0.717) is 10.8 Å². The summed E-state index contributed by atoms with van der Waals surface area (Å²) < 4.78 is 5.17. The molecular formula is C19H28O. The fourth-order valence-electron chi connectivity index (χ4n) is 5.12. The van der Waals surface area contributed by atoms with E-state index < -0.39 is 0 Å². The molecule has 3 unspecified atom stereocenters. The van der Waals surface area contributed by atoms with Crippen molar-refractivity contribution in [1.29, 1.82) is 0 Å². The van der Waals surface area contributed by atoms with E-state index in [1.54, 1.807) is 6.26 Å². The highest BCUT2D eigenvalue weighted by molar-refractivity contribution is 5.47. The molecule has 0 saturated heterocycles. The third-order valence-corrected chi connectivity index (χ3v) is 6.20. The van der Waals surface area contributed by atoms with Gasteiger partial charge in [-0.3, -0.25) is 0 Å². The van der Waals surface area contributed by atoms with Gasteiger partial charge in [-0.05, 0) is 54.4 Å². The number of furan rings is 1. The third-order valence-electron chi connectivity index (χ3n) is 6.20. The minimum atomic E-state index is 0.500. The van der Waals surface area contributed by atoms with Crippen molar-refractivity contribution in [2.24, 2.45) is 22.7 Å². The number of hydrogen-bond donors (Lipinski definition) is 0. The maximum absolute atomic E-state index is 5.17. The van der Waals surface area contributed by atoms with Crippen LogP contribution in [0.5, 0.6) is 0 Å². The molecule has 3 rings (SSSR count). The van der Waals surface area contributed by atoms with Crippen LogP contribution >= 0.6 is 0 Å². The van der Waals surface area contributed by atoms with Gasteiger partial charge in [-0.15, -0.1) is 0 Å². The van der Waals surface area contributed by atoms with Gasteiger partial charge in [-0.2, -0.15) is 0 Å². The first-order chi connectivity index (χ1) is 9.52. The van der Waals surface area contributed by atoms with Gasteiger partial charge in [0.1, 0.15) is 0 Å². The predicted octanol–water partition coefficient (Wildman–Crippen LogP) is 5.93. The number of fused-ring (bicyclic) bond motifs is 1. The molecule has 1 heteroatoms. The Kier molecular flexibility index (Phi) is 3.56. The minimum absolute atomic E-state index is 0.500. The van der Waals surface area contributed by atoms with E-state index in [-0.39, 0.29) is 0 Å². The highest BCUT2D eigenvalue weighted by Crippen LogP contribution is 2.60. The Bertz CT molecular complexity index is 468. The lowest BCUT2D eigenvalue weighted by atomic mass is 9.48. The normalized spacial score (nSPS) is 37.0. The van der Waals surface area contributed by atoms with Gasteiger partial charge in [0.05, 0.1) is 12.5 Å². The van der Waals surface area contributed by atoms with E-state index in [4.69, 9.17) is 4.42 Å². The first-order valence-electron chi connectivity index (χ1n) is 8.23. The zero-order chi connectivity index (χ0) is 14.2. The second kappa shape index (κ2) is 5.09. The van der Waals surface area contributed by atoms with Crippen LogP contribution in [0.1, 0.15) is 64.9 Å². The van der Waals surface area contributed by atoms with Crippen LogP contribution < -0.4 is 0 Å². The maximum Gasteiger partial charge on any atom is 0.0974 e. The first-order valence-corrected chi connectivity index (χ1v) is 8.23. The van der Waals surface area contributed by atoms with E-state index in [1.807, 2.05) is 12.3 Å². The quantitative estimate of drug-likeness (QED) is 0.650. The zero-order valence-electron chi connectivity index (χ0n) is 13.2. The van der Waals surface area contributed by atoms with Crippen molar-refractivity contribution in [1.82, 2.24) is 0 Å². The van der Waals surface area contributed by atoms with Crippen molar-refractivity contribution in [2.75, 3.05) is 0 Å². The van der Waals surface area contributed by atoms with Crippen molar-refractivity contribution in [3.63, 3.8) is 0 Å². The molecule has 0 aromatic carbocycles. The molecule has 1 nitrogen and oxygen atoms in total. The van der Waals surface area contributed by atoms with Crippen molar-refractivity contribution in [3.05, 3.63) is 30.2 Å². The van der Waals surface area contributed by atoms with E-state index in [9.17, 15) is 0 Å². The highest BCUT2D eigenvalue weighted by Gasteiger charge is 2.50. The fraction of sp³-hybridized carbons (Fsp3) is 0.684. The summed E-state index contributed by atoms with van der Waals surface area (Å²) in [7, 11) is 0. The molecule has 2 aliphatic carbocycles. The molecule has 0 aliphatic heterocycles. The lowest BCUT2D eigenvalue weighted by Gasteiger charge is -2.56. The molecule has 1 heterocycles. The van der Waals surface area contributed by atoms with Crippen LogP contribution in [0.4, 0.5) is 0 Å². The topological polar surface area (TPSA) is 13.1 Å². The third kappa shape index (κ3) is 2.36. The summed E-state index contributed by atoms with van der Waals surface area (Å²) in [6.07, 6.45) is 16.7. The van der Waals surface area contributed by atoms with Crippen LogP contribution in [0.15, 0.2) is 29.1 Å². The number of hydrogen-bond acceptors (Lipinski definition) is 1. The Morgan fingerprint density at radius 3 is 2.75 bits per heavy atom. The fourth-order valence-corrected chi connectivity index (χ4v) is 5.12. The Morgan fingerprint density at radius 1 is 1.15 bits per heavy atom. The lowest BCUT2D eigenvalue weighted by molar-refractivity contribution is -0.0574. The number of rotatable bonds is 2. The average molecular weight is 272 g/mol. The summed E-state index contributed by atoms with van der Waals surface area (Å²) in [4.78, 5) is 0. The highest BCUT2D eigenvalue weighted by atomic mass is 16.3. The zero-order valence-corrected chi connectivity index (χ0v) is 13.2. The monoisotopic (exact) mass is 272 g/mol. The second-order valence-corrected chi connectivity index (χ2v) is 7.85. The number of allylic oxidation sites excluding steroid dienone is 1. The van der Waals surface area contributed by atoms with E-state index in [0.717, 1.165) is 11.8 Å². The molecule has 0 spiro atoms. The smallest absolute Gasteiger partial charge is 0.0974 e. The Labute approximate surface area is 123 Å².